The van der Waals surface area contributed by atoms with E-state index in [0.717, 1.165) is 5.69 Å². The standard InChI is InChI=1S/C23H25ClN8O4S/c1-15(20(36-3)21-26-13-16(24)14-27-21)37(33,34)31-23-30-29-22(18-8-6-9-19(28-18)35-2)32(23)12-10-17-7-4-5-11-25-17/h4-9,11,13-15,20H,10,12H2,1-3H3,(H,30,31). The zero-order valence-electron chi connectivity index (χ0n) is 20.3. The Hall–Kier alpha value is -3.68. The van der Waals surface area contributed by atoms with Gasteiger partial charge in [-0.2, -0.15) is 0 Å². The van der Waals surface area contributed by atoms with Gasteiger partial charge in [0.05, 0.1) is 12.1 Å². The van der Waals surface area contributed by atoms with Gasteiger partial charge >= 0.3 is 0 Å². The number of ether oxygens (including phenoxy) is 2. The highest BCUT2D eigenvalue weighted by Gasteiger charge is 2.34. The summed E-state index contributed by atoms with van der Waals surface area (Å²) in [4.78, 5) is 17.0. The molecule has 4 heterocycles. The zero-order chi connectivity index (χ0) is 26.4. The molecule has 4 aromatic rings. The number of pyridine rings is 2. The van der Waals surface area contributed by atoms with E-state index in [1.807, 2.05) is 18.2 Å². The van der Waals surface area contributed by atoms with E-state index in [4.69, 9.17) is 21.1 Å². The number of hydrogen-bond acceptors (Lipinski definition) is 10. The van der Waals surface area contributed by atoms with Crippen molar-refractivity contribution in [2.24, 2.45) is 0 Å². The molecule has 0 bridgehead atoms. The molecule has 0 amide bonds. The summed E-state index contributed by atoms with van der Waals surface area (Å²) < 4.78 is 41.7. The summed E-state index contributed by atoms with van der Waals surface area (Å²) in [6.07, 6.45) is 3.99. The number of hydrogen-bond donors (Lipinski definition) is 1. The van der Waals surface area contributed by atoms with Crippen molar-refractivity contribution < 1.29 is 17.9 Å². The average molecular weight is 545 g/mol. The number of nitrogens with one attached hydrogen (secondary N) is 1. The Bertz CT molecular complexity index is 1430. The first-order chi connectivity index (χ1) is 17.8. The maximum Gasteiger partial charge on any atom is 0.240 e. The second-order valence-electron chi connectivity index (χ2n) is 7.90. The van der Waals surface area contributed by atoms with Gasteiger partial charge in [0.1, 0.15) is 17.0 Å². The zero-order valence-corrected chi connectivity index (χ0v) is 21.9. The fourth-order valence-corrected chi connectivity index (χ4v) is 4.81. The number of halogens is 1. The van der Waals surface area contributed by atoms with Gasteiger partial charge in [0.15, 0.2) is 11.6 Å². The molecule has 0 saturated heterocycles. The lowest BCUT2D eigenvalue weighted by molar-refractivity contribution is 0.0950. The van der Waals surface area contributed by atoms with E-state index in [9.17, 15) is 8.42 Å². The molecule has 1 N–H and O–H groups in total. The largest absolute Gasteiger partial charge is 0.481 e. The molecule has 2 unspecified atom stereocenters. The quantitative estimate of drug-likeness (QED) is 0.299. The number of anilines is 1. The SMILES string of the molecule is COc1cccc(-c2nnc(NS(=O)(=O)C(C)C(OC)c3ncc(Cl)cn3)n2CCc2ccccn2)n1. The number of methoxy groups -OCH3 is 2. The fraction of sp³-hybridized carbons (Fsp3) is 0.304. The van der Waals surface area contributed by atoms with Crippen LogP contribution in [-0.4, -0.2) is 62.6 Å². The van der Waals surface area contributed by atoms with Gasteiger partial charge in [0.25, 0.3) is 0 Å². The predicted octanol–water partition coefficient (Wildman–Crippen LogP) is 2.95. The Morgan fingerprint density at radius 1 is 1.05 bits per heavy atom. The van der Waals surface area contributed by atoms with Crippen LogP contribution in [-0.2, 0) is 27.7 Å². The second-order valence-corrected chi connectivity index (χ2v) is 10.4. The number of sulfonamides is 1. The maximum absolute atomic E-state index is 13.4. The van der Waals surface area contributed by atoms with Crippen LogP contribution in [0.4, 0.5) is 5.95 Å². The third-order valence-corrected chi connectivity index (χ3v) is 7.42. The first kappa shape index (κ1) is 26.4. The normalized spacial score (nSPS) is 13.2. The summed E-state index contributed by atoms with van der Waals surface area (Å²) in [5.41, 5.74) is 1.29. The summed E-state index contributed by atoms with van der Waals surface area (Å²) in [5, 5.41) is 7.60. The molecule has 194 valence electrons. The summed E-state index contributed by atoms with van der Waals surface area (Å²) in [6, 6.07) is 10.8. The fourth-order valence-electron chi connectivity index (χ4n) is 3.56. The van der Waals surface area contributed by atoms with Crippen molar-refractivity contribution in [1.29, 1.82) is 0 Å². The molecule has 0 radical (unpaired) electrons. The van der Waals surface area contributed by atoms with Gasteiger partial charge in [-0.05, 0) is 25.1 Å². The van der Waals surface area contributed by atoms with Crippen molar-refractivity contribution in [2.45, 2.75) is 31.2 Å². The van der Waals surface area contributed by atoms with E-state index >= 15 is 0 Å². The van der Waals surface area contributed by atoms with Crippen LogP contribution in [0.5, 0.6) is 5.88 Å². The topological polar surface area (TPSA) is 147 Å². The Labute approximate surface area is 219 Å². The van der Waals surface area contributed by atoms with Crippen LogP contribution in [0.2, 0.25) is 5.02 Å². The van der Waals surface area contributed by atoms with E-state index in [2.05, 4.69) is 34.9 Å². The predicted molar refractivity (Wildman–Crippen MR) is 137 cm³/mol. The highest BCUT2D eigenvalue weighted by atomic mass is 35.5. The van der Waals surface area contributed by atoms with E-state index in [1.165, 1.54) is 33.5 Å². The first-order valence-electron chi connectivity index (χ1n) is 11.2. The Kier molecular flexibility index (Phi) is 8.26. The van der Waals surface area contributed by atoms with E-state index < -0.39 is 21.4 Å². The minimum atomic E-state index is -4.04. The maximum atomic E-state index is 13.4. The van der Waals surface area contributed by atoms with Crippen LogP contribution in [0, 0.1) is 0 Å². The van der Waals surface area contributed by atoms with Crippen molar-refractivity contribution in [2.75, 3.05) is 18.9 Å². The van der Waals surface area contributed by atoms with Gasteiger partial charge in [-0.15, -0.1) is 10.2 Å². The minimum absolute atomic E-state index is 0.0225. The molecule has 14 heteroatoms. The minimum Gasteiger partial charge on any atom is -0.481 e. The molecular formula is C23H25ClN8O4S. The van der Waals surface area contributed by atoms with E-state index in [0.29, 0.717) is 35.4 Å². The molecule has 0 saturated carbocycles. The Morgan fingerprint density at radius 3 is 2.51 bits per heavy atom. The highest BCUT2D eigenvalue weighted by Crippen LogP contribution is 2.27. The van der Waals surface area contributed by atoms with Crippen molar-refractivity contribution in [3.05, 3.63) is 71.5 Å². The van der Waals surface area contributed by atoms with Crippen molar-refractivity contribution in [1.82, 2.24) is 34.7 Å². The third-order valence-electron chi connectivity index (χ3n) is 5.53. The first-order valence-corrected chi connectivity index (χ1v) is 13.1. The molecule has 0 aromatic carbocycles. The van der Waals surface area contributed by atoms with Crippen molar-refractivity contribution in [3.63, 3.8) is 0 Å². The van der Waals surface area contributed by atoms with Crippen LogP contribution in [0.1, 0.15) is 24.5 Å². The Morgan fingerprint density at radius 2 is 1.84 bits per heavy atom. The molecule has 0 aliphatic carbocycles. The number of rotatable bonds is 11. The molecule has 0 aliphatic rings. The third kappa shape index (κ3) is 6.18. The summed E-state index contributed by atoms with van der Waals surface area (Å²) >= 11 is 5.87. The molecule has 37 heavy (non-hydrogen) atoms. The van der Waals surface area contributed by atoms with Gasteiger partial charge in [-0.3, -0.25) is 14.3 Å². The lowest BCUT2D eigenvalue weighted by Gasteiger charge is -2.22. The highest BCUT2D eigenvalue weighted by molar-refractivity contribution is 7.93. The van der Waals surface area contributed by atoms with Crippen molar-refractivity contribution >= 4 is 27.6 Å². The van der Waals surface area contributed by atoms with Crippen LogP contribution >= 0.6 is 11.6 Å². The van der Waals surface area contributed by atoms with Crippen LogP contribution < -0.4 is 9.46 Å². The van der Waals surface area contributed by atoms with E-state index in [-0.39, 0.29) is 11.8 Å². The van der Waals surface area contributed by atoms with Gasteiger partial charge in [0.2, 0.25) is 21.9 Å². The average Bonchev–Trinajstić information content (AvgIpc) is 3.31. The summed E-state index contributed by atoms with van der Waals surface area (Å²) in [7, 11) is -1.15. The number of aryl methyl sites for hydroxylation is 1. The molecule has 2 atom stereocenters. The monoisotopic (exact) mass is 544 g/mol. The van der Waals surface area contributed by atoms with Crippen LogP contribution in [0.15, 0.2) is 55.0 Å². The molecule has 4 aromatic heterocycles. The molecule has 0 fully saturated rings. The summed E-state index contributed by atoms with van der Waals surface area (Å²) in [6.45, 7) is 1.83. The smallest absolute Gasteiger partial charge is 0.240 e. The summed E-state index contributed by atoms with van der Waals surface area (Å²) in [5.74, 6) is 0.958. The number of nitrogens with zero attached hydrogens (tertiary/aromatic N) is 7. The number of aromatic nitrogens is 7. The van der Waals surface area contributed by atoms with Crippen LogP contribution in [0.25, 0.3) is 11.5 Å². The van der Waals surface area contributed by atoms with Gasteiger partial charge in [0, 0.05) is 50.4 Å². The van der Waals surface area contributed by atoms with Gasteiger partial charge in [-0.25, -0.2) is 23.4 Å². The van der Waals surface area contributed by atoms with Gasteiger partial charge in [-0.1, -0.05) is 23.7 Å². The second kappa shape index (κ2) is 11.6. The molecule has 0 spiro atoms. The molecule has 0 aliphatic heterocycles. The van der Waals surface area contributed by atoms with Gasteiger partial charge < -0.3 is 9.47 Å². The lowest BCUT2D eigenvalue weighted by Crippen LogP contribution is -2.33. The van der Waals surface area contributed by atoms with Crippen molar-refractivity contribution in [3.8, 4) is 17.4 Å². The molecule has 4 rings (SSSR count). The van der Waals surface area contributed by atoms with Crippen LogP contribution in [0.3, 0.4) is 0 Å². The molecule has 12 nitrogen and oxygen atoms in total. The Balaban J connectivity index is 1.66. The lowest BCUT2D eigenvalue weighted by atomic mass is 10.2. The van der Waals surface area contributed by atoms with E-state index in [1.54, 1.807) is 29.0 Å². The molecular weight excluding hydrogens is 520 g/mol.